The molecule has 0 spiro atoms. The Labute approximate surface area is 160 Å². The highest BCUT2D eigenvalue weighted by atomic mass is 15.1. The molecule has 0 saturated heterocycles. The van der Waals surface area contributed by atoms with Gasteiger partial charge in [-0.2, -0.15) is 15.3 Å². The van der Waals surface area contributed by atoms with E-state index in [1.165, 1.54) is 11.1 Å². The van der Waals surface area contributed by atoms with E-state index >= 15 is 0 Å². The summed E-state index contributed by atoms with van der Waals surface area (Å²) in [6.45, 7) is 0. The second-order valence-electron chi connectivity index (χ2n) is 6.65. The number of nitrogens with zero attached hydrogens (tertiary/aromatic N) is 4. The molecule has 4 N–H and O–H groups in total. The molecule has 0 atom stereocenters. The lowest BCUT2D eigenvalue weighted by Gasteiger charge is -2.10. The molecule has 7 heteroatoms. The third kappa shape index (κ3) is 2.73. The fourth-order valence-electron chi connectivity index (χ4n) is 3.55. The maximum Gasteiger partial charge on any atom is 0.221 e. The van der Waals surface area contributed by atoms with E-state index in [1.54, 1.807) is 18.5 Å². The molecule has 5 rings (SSSR count). The number of hydrogen-bond donors (Lipinski definition) is 3. The van der Waals surface area contributed by atoms with Crippen molar-refractivity contribution in [2.45, 2.75) is 6.42 Å². The summed E-state index contributed by atoms with van der Waals surface area (Å²) in [7, 11) is 0. The number of benzene rings is 2. The molecule has 7 nitrogen and oxygen atoms in total. The predicted molar refractivity (Wildman–Crippen MR) is 109 cm³/mol. The molecule has 0 radical (unpaired) electrons. The molecule has 2 heterocycles. The van der Waals surface area contributed by atoms with E-state index in [0.29, 0.717) is 11.4 Å². The van der Waals surface area contributed by atoms with Gasteiger partial charge in [-0.15, -0.1) is 0 Å². The summed E-state index contributed by atoms with van der Waals surface area (Å²) in [4.78, 5) is 8.12. The van der Waals surface area contributed by atoms with Gasteiger partial charge in [-0.1, -0.05) is 12.1 Å². The normalized spacial score (nSPS) is 12.5. The van der Waals surface area contributed by atoms with Crippen LogP contribution in [0.15, 0.2) is 48.8 Å². The zero-order valence-electron chi connectivity index (χ0n) is 14.8. The second-order valence-corrected chi connectivity index (χ2v) is 6.65. The lowest BCUT2D eigenvalue weighted by molar-refractivity contribution is 1.12. The van der Waals surface area contributed by atoms with Crippen LogP contribution >= 0.6 is 0 Å². The third-order valence-electron chi connectivity index (χ3n) is 4.83. The van der Waals surface area contributed by atoms with Gasteiger partial charge in [-0.05, 0) is 53.5 Å². The number of nitrogens with two attached hydrogens (primary N) is 1. The van der Waals surface area contributed by atoms with Crippen molar-refractivity contribution in [1.29, 1.82) is 5.26 Å². The number of allylic oxidation sites excluding steroid dienone is 1. The van der Waals surface area contributed by atoms with Crippen molar-refractivity contribution in [2.24, 2.45) is 0 Å². The van der Waals surface area contributed by atoms with Gasteiger partial charge in [0, 0.05) is 22.8 Å². The second kappa shape index (κ2) is 6.21. The standard InChI is InChI=1S/C21H15N7/c22-10-12-1-2-13-6-15(7-14(13)5-12)18-9-17(8-16-11-25-28-20(16)18)26-19-3-4-24-21(23)27-19/h1-5,7-9,11H,6H2,(H,25,28)(H3,23,24,26,27). The predicted octanol–water partition coefficient (Wildman–Crippen LogP) is 3.65. The van der Waals surface area contributed by atoms with Gasteiger partial charge in [-0.25, -0.2) is 4.98 Å². The van der Waals surface area contributed by atoms with Crippen molar-refractivity contribution in [3.63, 3.8) is 0 Å². The zero-order chi connectivity index (χ0) is 19.1. The molecule has 28 heavy (non-hydrogen) atoms. The van der Waals surface area contributed by atoms with Crippen molar-refractivity contribution < 1.29 is 0 Å². The number of fused-ring (bicyclic) bond motifs is 2. The first-order valence-electron chi connectivity index (χ1n) is 8.76. The highest BCUT2D eigenvalue weighted by Crippen LogP contribution is 2.36. The molecule has 2 aromatic carbocycles. The van der Waals surface area contributed by atoms with Crippen LogP contribution in [0.1, 0.15) is 22.3 Å². The van der Waals surface area contributed by atoms with Crippen LogP contribution in [-0.4, -0.2) is 20.2 Å². The molecule has 0 amide bonds. The summed E-state index contributed by atoms with van der Waals surface area (Å²) in [5, 5.41) is 20.7. The van der Waals surface area contributed by atoms with Gasteiger partial charge in [-0.3, -0.25) is 5.10 Å². The molecule has 2 aromatic heterocycles. The average molecular weight is 365 g/mol. The smallest absolute Gasteiger partial charge is 0.221 e. The molecule has 0 bridgehead atoms. The van der Waals surface area contributed by atoms with Crippen LogP contribution in [0, 0.1) is 11.3 Å². The van der Waals surface area contributed by atoms with E-state index in [9.17, 15) is 0 Å². The van der Waals surface area contributed by atoms with E-state index in [-0.39, 0.29) is 5.95 Å². The molecule has 4 aromatic rings. The molecule has 1 aliphatic rings. The minimum absolute atomic E-state index is 0.219. The SMILES string of the molecule is N#Cc1ccc2c(c1)C=C(c1cc(Nc3ccnc(N)n3)cc3cn[nH]c13)C2. The molecule has 0 fully saturated rings. The molecule has 0 unspecified atom stereocenters. The first-order chi connectivity index (χ1) is 13.7. The van der Waals surface area contributed by atoms with Crippen molar-refractivity contribution in [3.8, 4) is 6.07 Å². The van der Waals surface area contributed by atoms with E-state index in [0.717, 1.165) is 34.1 Å². The lowest BCUT2D eigenvalue weighted by atomic mass is 10.00. The first-order valence-corrected chi connectivity index (χ1v) is 8.76. The van der Waals surface area contributed by atoms with Gasteiger partial charge in [0.2, 0.25) is 5.95 Å². The Morgan fingerprint density at radius 2 is 2.11 bits per heavy atom. The van der Waals surface area contributed by atoms with Gasteiger partial charge in [0.1, 0.15) is 5.82 Å². The number of aromatic amines is 1. The van der Waals surface area contributed by atoms with Crippen LogP contribution in [0.2, 0.25) is 0 Å². The number of aromatic nitrogens is 4. The molecule has 134 valence electrons. The van der Waals surface area contributed by atoms with Gasteiger partial charge in [0.05, 0.1) is 23.3 Å². The maximum absolute atomic E-state index is 9.15. The molecule has 1 aliphatic carbocycles. The van der Waals surface area contributed by atoms with Crippen molar-refractivity contribution in [1.82, 2.24) is 20.2 Å². The Balaban J connectivity index is 1.58. The number of hydrogen-bond acceptors (Lipinski definition) is 6. The molecular weight excluding hydrogens is 350 g/mol. The quantitative estimate of drug-likeness (QED) is 0.510. The Morgan fingerprint density at radius 3 is 2.96 bits per heavy atom. The van der Waals surface area contributed by atoms with Crippen LogP contribution in [0.4, 0.5) is 17.5 Å². The molecular formula is C21H15N7. The summed E-state index contributed by atoms with van der Waals surface area (Å²) >= 11 is 0. The number of nitrogens with one attached hydrogen (secondary N) is 2. The highest BCUT2D eigenvalue weighted by Gasteiger charge is 2.18. The number of anilines is 3. The summed E-state index contributed by atoms with van der Waals surface area (Å²) in [6.07, 6.45) is 6.36. The van der Waals surface area contributed by atoms with Crippen LogP contribution in [0.5, 0.6) is 0 Å². The topological polar surface area (TPSA) is 116 Å². The fourth-order valence-corrected chi connectivity index (χ4v) is 3.55. The van der Waals surface area contributed by atoms with Crippen molar-refractivity contribution in [2.75, 3.05) is 11.1 Å². The molecule has 0 saturated carbocycles. The minimum atomic E-state index is 0.219. The van der Waals surface area contributed by atoms with Gasteiger partial charge in [0.25, 0.3) is 0 Å². The number of H-pyrrole nitrogens is 1. The maximum atomic E-state index is 9.15. The van der Waals surface area contributed by atoms with E-state index < -0.39 is 0 Å². The molecule has 0 aliphatic heterocycles. The average Bonchev–Trinajstić information content (AvgIpc) is 3.33. The Kier molecular flexibility index (Phi) is 3.56. The number of rotatable bonds is 3. The first kappa shape index (κ1) is 16.0. The third-order valence-corrected chi connectivity index (χ3v) is 4.83. The monoisotopic (exact) mass is 365 g/mol. The highest BCUT2D eigenvalue weighted by molar-refractivity contribution is 6.00. The summed E-state index contributed by atoms with van der Waals surface area (Å²) in [6, 6.07) is 13.9. The van der Waals surface area contributed by atoms with E-state index in [4.69, 9.17) is 11.0 Å². The van der Waals surface area contributed by atoms with Gasteiger partial charge >= 0.3 is 0 Å². The minimum Gasteiger partial charge on any atom is -0.368 e. The van der Waals surface area contributed by atoms with Crippen LogP contribution < -0.4 is 11.1 Å². The van der Waals surface area contributed by atoms with Gasteiger partial charge < -0.3 is 11.1 Å². The number of nitriles is 1. The van der Waals surface area contributed by atoms with E-state index in [1.807, 2.05) is 24.3 Å². The van der Waals surface area contributed by atoms with Gasteiger partial charge in [0.15, 0.2) is 0 Å². The zero-order valence-corrected chi connectivity index (χ0v) is 14.8. The van der Waals surface area contributed by atoms with Crippen molar-refractivity contribution >= 4 is 40.0 Å². The fraction of sp³-hybridized carbons (Fsp3) is 0.0476. The Hall–Kier alpha value is -4.18. The summed E-state index contributed by atoms with van der Waals surface area (Å²) in [5.41, 5.74) is 12.7. The summed E-state index contributed by atoms with van der Waals surface area (Å²) < 4.78 is 0. The van der Waals surface area contributed by atoms with Crippen LogP contribution in [0.25, 0.3) is 22.6 Å². The number of nitrogen functional groups attached to an aromatic ring is 1. The Morgan fingerprint density at radius 1 is 1.18 bits per heavy atom. The Bertz CT molecular complexity index is 1290. The van der Waals surface area contributed by atoms with Crippen LogP contribution in [0.3, 0.4) is 0 Å². The van der Waals surface area contributed by atoms with Crippen LogP contribution in [-0.2, 0) is 6.42 Å². The summed E-state index contributed by atoms with van der Waals surface area (Å²) in [5.74, 6) is 0.848. The van der Waals surface area contributed by atoms with Crippen molar-refractivity contribution in [3.05, 3.63) is 71.0 Å². The van der Waals surface area contributed by atoms with E-state index in [2.05, 4.69) is 43.7 Å². The largest absolute Gasteiger partial charge is 0.368 e. The lowest BCUT2D eigenvalue weighted by Crippen LogP contribution is -1.99.